The van der Waals surface area contributed by atoms with Crippen molar-refractivity contribution in [1.29, 1.82) is 0 Å². The SMILES string of the molecule is O=C(NC1=NCCS1)[C@@H]1CC(=O)N(Cc2ccco2)C1. The molecule has 0 saturated carbocycles. The molecule has 6 nitrogen and oxygen atoms in total. The van der Waals surface area contributed by atoms with E-state index < -0.39 is 0 Å². The molecule has 2 aliphatic heterocycles. The number of aliphatic imine (C=N–C) groups is 1. The van der Waals surface area contributed by atoms with E-state index in [4.69, 9.17) is 4.42 Å². The summed E-state index contributed by atoms with van der Waals surface area (Å²) in [6.07, 6.45) is 1.83. The lowest BCUT2D eigenvalue weighted by Crippen LogP contribution is -2.35. The minimum Gasteiger partial charge on any atom is -0.467 e. The highest BCUT2D eigenvalue weighted by Crippen LogP contribution is 2.21. The third kappa shape index (κ3) is 2.87. The fourth-order valence-corrected chi connectivity index (χ4v) is 3.04. The lowest BCUT2D eigenvalue weighted by atomic mass is 10.1. The standard InChI is InChI=1S/C13H15N3O3S/c17-11-6-9(12(18)15-13-14-3-5-20-13)7-16(11)8-10-2-1-4-19-10/h1-2,4,9H,3,5-8H2,(H,14,15,18)/t9-/m1/s1. The first-order valence-electron chi connectivity index (χ1n) is 6.50. The van der Waals surface area contributed by atoms with E-state index in [1.807, 2.05) is 6.07 Å². The van der Waals surface area contributed by atoms with Gasteiger partial charge in [0.1, 0.15) is 5.76 Å². The molecule has 0 aromatic carbocycles. The number of nitrogens with one attached hydrogen (secondary N) is 1. The van der Waals surface area contributed by atoms with E-state index in [0.29, 0.717) is 18.3 Å². The summed E-state index contributed by atoms with van der Waals surface area (Å²) in [7, 11) is 0. The van der Waals surface area contributed by atoms with Gasteiger partial charge in [-0.05, 0) is 12.1 Å². The molecule has 7 heteroatoms. The van der Waals surface area contributed by atoms with Gasteiger partial charge in [-0.2, -0.15) is 0 Å². The van der Waals surface area contributed by atoms with Crippen LogP contribution >= 0.6 is 11.8 Å². The van der Waals surface area contributed by atoms with E-state index >= 15 is 0 Å². The maximum absolute atomic E-state index is 12.1. The summed E-state index contributed by atoms with van der Waals surface area (Å²) >= 11 is 1.54. The highest BCUT2D eigenvalue weighted by molar-refractivity contribution is 8.14. The van der Waals surface area contributed by atoms with E-state index in [1.165, 1.54) is 11.8 Å². The minimum atomic E-state index is -0.304. The number of carbonyl (C=O) groups excluding carboxylic acids is 2. The summed E-state index contributed by atoms with van der Waals surface area (Å²) < 4.78 is 5.23. The number of nitrogens with zero attached hydrogens (tertiary/aromatic N) is 2. The summed E-state index contributed by atoms with van der Waals surface area (Å²) in [5.74, 6) is 1.21. The summed E-state index contributed by atoms with van der Waals surface area (Å²) in [4.78, 5) is 29.8. The number of likely N-dealkylation sites (tertiary alicyclic amines) is 1. The second kappa shape index (κ2) is 5.70. The predicted octanol–water partition coefficient (Wildman–Crippen LogP) is 0.847. The maximum atomic E-state index is 12.1. The van der Waals surface area contributed by atoms with Gasteiger partial charge >= 0.3 is 0 Å². The number of carbonyl (C=O) groups is 2. The quantitative estimate of drug-likeness (QED) is 0.896. The topological polar surface area (TPSA) is 74.9 Å². The Hall–Kier alpha value is -1.76. The molecule has 3 heterocycles. The Kier molecular flexibility index (Phi) is 3.77. The first kappa shape index (κ1) is 13.2. The van der Waals surface area contributed by atoms with E-state index in [1.54, 1.807) is 17.2 Å². The Morgan fingerprint density at radius 3 is 3.20 bits per heavy atom. The number of rotatable bonds is 3. The van der Waals surface area contributed by atoms with Gasteiger partial charge in [-0.3, -0.25) is 14.6 Å². The Labute approximate surface area is 120 Å². The van der Waals surface area contributed by atoms with Crippen LogP contribution in [0.15, 0.2) is 27.8 Å². The zero-order chi connectivity index (χ0) is 13.9. The zero-order valence-corrected chi connectivity index (χ0v) is 11.7. The van der Waals surface area contributed by atoms with Crippen molar-refractivity contribution >= 4 is 28.7 Å². The molecule has 2 amide bonds. The molecule has 0 radical (unpaired) electrons. The highest BCUT2D eigenvalue weighted by atomic mass is 32.2. The van der Waals surface area contributed by atoms with E-state index in [-0.39, 0.29) is 24.2 Å². The lowest BCUT2D eigenvalue weighted by molar-refractivity contribution is -0.129. The van der Waals surface area contributed by atoms with E-state index in [0.717, 1.165) is 18.1 Å². The number of amidine groups is 1. The van der Waals surface area contributed by atoms with Crippen LogP contribution in [0.1, 0.15) is 12.2 Å². The summed E-state index contributed by atoms with van der Waals surface area (Å²) in [6, 6.07) is 3.61. The van der Waals surface area contributed by atoms with Crippen molar-refractivity contribution in [1.82, 2.24) is 10.2 Å². The molecular formula is C13H15N3O3S. The van der Waals surface area contributed by atoms with Crippen LogP contribution in [-0.2, 0) is 16.1 Å². The second-order valence-electron chi connectivity index (χ2n) is 4.78. The van der Waals surface area contributed by atoms with Crippen LogP contribution in [0.5, 0.6) is 0 Å². The third-order valence-electron chi connectivity index (χ3n) is 3.33. The molecule has 1 fully saturated rings. The first-order valence-corrected chi connectivity index (χ1v) is 7.49. The normalized spacial score (nSPS) is 22.2. The Morgan fingerprint density at radius 1 is 1.60 bits per heavy atom. The number of amides is 2. The molecule has 1 saturated heterocycles. The molecule has 106 valence electrons. The molecule has 1 aromatic heterocycles. The van der Waals surface area contributed by atoms with Crippen LogP contribution in [0.4, 0.5) is 0 Å². The van der Waals surface area contributed by atoms with Gasteiger partial charge in [0, 0.05) is 18.7 Å². The average Bonchev–Trinajstić information content (AvgIpc) is 3.13. The van der Waals surface area contributed by atoms with Crippen molar-refractivity contribution < 1.29 is 14.0 Å². The van der Waals surface area contributed by atoms with Crippen LogP contribution in [0, 0.1) is 5.92 Å². The average molecular weight is 293 g/mol. The molecule has 20 heavy (non-hydrogen) atoms. The van der Waals surface area contributed by atoms with Gasteiger partial charge < -0.3 is 14.6 Å². The van der Waals surface area contributed by atoms with Gasteiger partial charge in [-0.1, -0.05) is 11.8 Å². The van der Waals surface area contributed by atoms with Crippen LogP contribution in [-0.4, -0.2) is 40.7 Å². The molecule has 2 aliphatic rings. The van der Waals surface area contributed by atoms with Crippen LogP contribution in [0.3, 0.4) is 0 Å². The van der Waals surface area contributed by atoms with E-state index in [9.17, 15) is 9.59 Å². The number of thioether (sulfide) groups is 1. The van der Waals surface area contributed by atoms with Crippen molar-refractivity contribution in [3.05, 3.63) is 24.2 Å². The smallest absolute Gasteiger partial charge is 0.231 e. The van der Waals surface area contributed by atoms with Crippen LogP contribution in [0.2, 0.25) is 0 Å². The van der Waals surface area contributed by atoms with Crippen LogP contribution in [0.25, 0.3) is 0 Å². The Balaban J connectivity index is 1.57. The van der Waals surface area contributed by atoms with E-state index in [2.05, 4.69) is 10.3 Å². The van der Waals surface area contributed by atoms with Gasteiger partial charge in [-0.15, -0.1) is 0 Å². The lowest BCUT2D eigenvalue weighted by Gasteiger charge is -2.14. The summed E-state index contributed by atoms with van der Waals surface area (Å²) in [6.45, 7) is 1.60. The first-order chi connectivity index (χ1) is 9.72. The Bertz CT molecular complexity index is 541. The van der Waals surface area contributed by atoms with Crippen molar-refractivity contribution in [3.8, 4) is 0 Å². The molecule has 0 bridgehead atoms. The molecule has 0 unspecified atom stereocenters. The molecule has 1 atom stereocenters. The minimum absolute atomic E-state index is 0.0115. The highest BCUT2D eigenvalue weighted by Gasteiger charge is 2.35. The third-order valence-corrected chi connectivity index (χ3v) is 4.22. The molecule has 1 aromatic rings. The number of hydrogen-bond acceptors (Lipinski definition) is 5. The Morgan fingerprint density at radius 2 is 2.50 bits per heavy atom. The van der Waals surface area contributed by atoms with Crippen molar-refractivity contribution in [3.63, 3.8) is 0 Å². The number of hydrogen-bond donors (Lipinski definition) is 1. The van der Waals surface area contributed by atoms with Crippen molar-refractivity contribution in [2.24, 2.45) is 10.9 Å². The number of furan rings is 1. The predicted molar refractivity (Wildman–Crippen MR) is 75.1 cm³/mol. The molecule has 1 N–H and O–H groups in total. The molecule has 3 rings (SSSR count). The van der Waals surface area contributed by atoms with Gasteiger partial charge in [0.2, 0.25) is 11.8 Å². The van der Waals surface area contributed by atoms with Gasteiger partial charge in [-0.25, -0.2) is 0 Å². The fourth-order valence-electron chi connectivity index (χ4n) is 2.31. The molecule has 0 spiro atoms. The second-order valence-corrected chi connectivity index (χ2v) is 5.86. The van der Waals surface area contributed by atoms with Crippen molar-refractivity contribution in [2.75, 3.05) is 18.8 Å². The summed E-state index contributed by atoms with van der Waals surface area (Å²) in [5, 5.41) is 3.47. The molecule has 0 aliphatic carbocycles. The zero-order valence-electron chi connectivity index (χ0n) is 10.9. The monoisotopic (exact) mass is 293 g/mol. The largest absolute Gasteiger partial charge is 0.467 e. The van der Waals surface area contributed by atoms with Gasteiger partial charge in [0.25, 0.3) is 0 Å². The van der Waals surface area contributed by atoms with Gasteiger partial charge in [0.05, 0.1) is 25.3 Å². The summed E-state index contributed by atoms with van der Waals surface area (Å²) in [5.41, 5.74) is 0. The fraction of sp³-hybridized carbons (Fsp3) is 0.462. The maximum Gasteiger partial charge on any atom is 0.231 e. The van der Waals surface area contributed by atoms with Gasteiger partial charge in [0.15, 0.2) is 5.17 Å². The van der Waals surface area contributed by atoms with Crippen molar-refractivity contribution in [2.45, 2.75) is 13.0 Å². The van der Waals surface area contributed by atoms with Crippen LogP contribution < -0.4 is 5.32 Å². The molecular weight excluding hydrogens is 278 g/mol.